The van der Waals surface area contributed by atoms with E-state index < -0.39 is 5.97 Å². The molecule has 5 heteroatoms. The smallest absolute Gasteiger partial charge is 0.313 e. The molecule has 80 valence electrons. The minimum atomic E-state index is -0.543. The number of nitrogens with zero attached hydrogens (tertiary/aromatic N) is 1. The van der Waals surface area contributed by atoms with Crippen LogP contribution >= 0.6 is 0 Å². The molecule has 1 aromatic rings. The minimum Gasteiger partial charge on any atom is -0.466 e. The summed E-state index contributed by atoms with van der Waals surface area (Å²) in [7, 11) is 0. The number of ketones is 1. The summed E-state index contributed by atoms with van der Waals surface area (Å²) >= 11 is 0. The monoisotopic (exact) mass is 208 g/mol. The molecule has 0 atom stereocenters. The van der Waals surface area contributed by atoms with Crippen LogP contribution in [0.5, 0.6) is 0 Å². The Labute approximate surface area is 87.3 Å². The van der Waals surface area contributed by atoms with Crippen molar-refractivity contribution in [2.45, 2.75) is 13.3 Å². The van der Waals surface area contributed by atoms with Gasteiger partial charge in [-0.1, -0.05) is 0 Å². The first-order chi connectivity index (χ1) is 7.15. The van der Waals surface area contributed by atoms with Crippen molar-refractivity contribution in [3.05, 3.63) is 24.0 Å². The molecule has 5 nitrogen and oxygen atoms in total. The van der Waals surface area contributed by atoms with Crippen molar-refractivity contribution in [1.82, 2.24) is 4.98 Å². The molecule has 0 unspecified atom stereocenters. The molecule has 2 N–H and O–H groups in total. The molecule has 0 saturated heterocycles. The van der Waals surface area contributed by atoms with Gasteiger partial charge in [0.2, 0.25) is 0 Å². The average molecular weight is 208 g/mol. The molecule has 1 heterocycles. The number of hydrogen-bond donors (Lipinski definition) is 1. The summed E-state index contributed by atoms with van der Waals surface area (Å²) in [6, 6.07) is 1.48. The second kappa shape index (κ2) is 5.09. The molecule has 1 aromatic heterocycles. The van der Waals surface area contributed by atoms with Gasteiger partial charge in [-0.05, 0) is 13.0 Å². The normalized spacial score (nSPS) is 9.67. The van der Waals surface area contributed by atoms with Crippen LogP contribution in [-0.4, -0.2) is 23.3 Å². The van der Waals surface area contributed by atoms with Crippen molar-refractivity contribution < 1.29 is 14.3 Å². The number of carbonyl (C=O) groups is 2. The lowest BCUT2D eigenvalue weighted by Crippen LogP contribution is -2.12. The highest BCUT2D eigenvalue weighted by Gasteiger charge is 2.14. The Bertz CT molecular complexity index is 377. The van der Waals surface area contributed by atoms with Gasteiger partial charge in [-0.15, -0.1) is 0 Å². The zero-order valence-corrected chi connectivity index (χ0v) is 8.40. The van der Waals surface area contributed by atoms with Gasteiger partial charge in [-0.25, -0.2) is 0 Å². The maximum atomic E-state index is 11.5. The third-order valence-corrected chi connectivity index (χ3v) is 1.76. The predicted molar refractivity (Wildman–Crippen MR) is 54.2 cm³/mol. The summed E-state index contributed by atoms with van der Waals surface area (Å²) in [5, 5.41) is 0. The molecule has 0 aliphatic rings. The Morgan fingerprint density at radius 3 is 2.87 bits per heavy atom. The van der Waals surface area contributed by atoms with Crippen LogP contribution in [0.1, 0.15) is 23.7 Å². The van der Waals surface area contributed by atoms with E-state index in [0.29, 0.717) is 5.56 Å². The van der Waals surface area contributed by atoms with Crippen LogP contribution in [0.4, 0.5) is 5.69 Å². The van der Waals surface area contributed by atoms with Gasteiger partial charge in [0, 0.05) is 11.8 Å². The Morgan fingerprint density at radius 1 is 1.53 bits per heavy atom. The van der Waals surface area contributed by atoms with Gasteiger partial charge in [0.15, 0.2) is 5.78 Å². The second-order valence-corrected chi connectivity index (χ2v) is 2.87. The highest BCUT2D eigenvalue weighted by Crippen LogP contribution is 2.11. The lowest BCUT2D eigenvalue weighted by atomic mass is 10.1. The standard InChI is InChI=1S/C10H12N2O3/c1-2-15-10(14)5-9(13)7-3-4-12-6-8(7)11/h3-4,6H,2,5,11H2,1H3. The highest BCUT2D eigenvalue weighted by molar-refractivity contribution is 6.08. The van der Waals surface area contributed by atoms with E-state index in [-0.39, 0.29) is 24.5 Å². The Morgan fingerprint density at radius 2 is 2.27 bits per heavy atom. The van der Waals surface area contributed by atoms with Crippen molar-refractivity contribution in [3.8, 4) is 0 Å². The average Bonchev–Trinajstić information content (AvgIpc) is 2.18. The number of anilines is 1. The number of esters is 1. The van der Waals surface area contributed by atoms with Crippen LogP contribution in [0.15, 0.2) is 18.5 Å². The van der Waals surface area contributed by atoms with Crippen molar-refractivity contribution in [1.29, 1.82) is 0 Å². The first kappa shape index (κ1) is 11.2. The van der Waals surface area contributed by atoms with E-state index in [1.807, 2.05) is 0 Å². The number of ether oxygens (including phenoxy) is 1. The van der Waals surface area contributed by atoms with Crippen molar-refractivity contribution in [3.63, 3.8) is 0 Å². The van der Waals surface area contributed by atoms with Gasteiger partial charge in [0.05, 0.1) is 18.5 Å². The van der Waals surface area contributed by atoms with E-state index in [0.717, 1.165) is 0 Å². The number of Topliss-reactive ketones (excluding diaryl/α,β-unsaturated/α-hetero) is 1. The number of carbonyl (C=O) groups excluding carboxylic acids is 2. The molecular formula is C10H12N2O3. The molecule has 15 heavy (non-hydrogen) atoms. The fourth-order valence-electron chi connectivity index (χ4n) is 1.10. The largest absolute Gasteiger partial charge is 0.466 e. The minimum absolute atomic E-state index is 0.262. The van der Waals surface area contributed by atoms with E-state index in [9.17, 15) is 9.59 Å². The molecule has 1 rings (SSSR count). The summed E-state index contributed by atoms with van der Waals surface area (Å²) in [5.41, 5.74) is 6.11. The van der Waals surface area contributed by atoms with Crippen molar-refractivity contribution in [2.24, 2.45) is 0 Å². The summed E-state index contributed by atoms with van der Waals surface area (Å²) in [4.78, 5) is 26.3. The third kappa shape index (κ3) is 3.05. The predicted octanol–water partition coefficient (Wildman–Crippen LogP) is 0.800. The van der Waals surface area contributed by atoms with Crippen LogP contribution < -0.4 is 5.73 Å². The van der Waals surface area contributed by atoms with Gasteiger partial charge in [0.25, 0.3) is 0 Å². The van der Waals surface area contributed by atoms with Crippen molar-refractivity contribution in [2.75, 3.05) is 12.3 Å². The number of rotatable bonds is 4. The van der Waals surface area contributed by atoms with E-state index in [1.165, 1.54) is 18.5 Å². The highest BCUT2D eigenvalue weighted by atomic mass is 16.5. The van der Waals surface area contributed by atoms with E-state index in [4.69, 9.17) is 5.73 Å². The fraction of sp³-hybridized carbons (Fsp3) is 0.300. The third-order valence-electron chi connectivity index (χ3n) is 1.76. The van der Waals surface area contributed by atoms with Gasteiger partial charge < -0.3 is 10.5 Å². The van der Waals surface area contributed by atoms with Crippen LogP contribution in [0, 0.1) is 0 Å². The van der Waals surface area contributed by atoms with Crippen LogP contribution in [0.25, 0.3) is 0 Å². The molecule has 0 aliphatic carbocycles. The topological polar surface area (TPSA) is 82.3 Å². The van der Waals surface area contributed by atoms with Crippen LogP contribution in [-0.2, 0) is 9.53 Å². The maximum Gasteiger partial charge on any atom is 0.313 e. The maximum absolute atomic E-state index is 11.5. The molecule has 0 bridgehead atoms. The molecule has 0 aliphatic heterocycles. The lowest BCUT2D eigenvalue weighted by Gasteiger charge is -2.03. The number of pyridine rings is 1. The van der Waals surface area contributed by atoms with E-state index >= 15 is 0 Å². The summed E-state index contributed by atoms with van der Waals surface area (Å²) in [6.07, 6.45) is 2.54. The fourth-order valence-corrected chi connectivity index (χ4v) is 1.10. The lowest BCUT2D eigenvalue weighted by molar-refractivity contribution is -0.141. The van der Waals surface area contributed by atoms with Gasteiger partial charge in [-0.3, -0.25) is 14.6 Å². The Hall–Kier alpha value is -1.91. The molecular weight excluding hydrogens is 196 g/mol. The molecule has 0 aromatic carbocycles. The van der Waals surface area contributed by atoms with E-state index in [1.54, 1.807) is 6.92 Å². The number of nitrogens with two attached hydrogens (primary N) is 1. The van der Waals surface area contributed by atoms with E-state index in [2.05, 4.69) is 9.72 Å². The van der Waals surface area contributed by atoms with Crippen molar-refractivity contribution >= 4 is 17.4 Å². The Balaban J connectivity index is 2.70. The summed E-state index contributed by atoms with van der Waals surface area (Å²) in [5.74, 6) is -0.896. The summed E-state index contributed by atoms with van der Waals surface area (Å²) < 4.78 is 4.66. The van der Waals surface area contributed by atoms with Crippen LogP contribution in [0.3, 0.4) is 0 Å². The number of hydrogen-bond acceptors (Lipinski definition) is 5. The Kier molecular flexibility index (Phi) is 3.79. The molecule has 0 saturated carbocycles. The molecule has 0 amide bonds. The van der Waals surface area contributed by atoms with Gasteiger partial charge in [0.1, 0.15) is 6.42 Å². The quantitative estimate of drug-likeness (QED) is 0.449. The van der Waals surface area contributed by atoms with Gasteiger partial charge in [-0.2, -0.15) is 0 Å². The molecule has 0 radical (unpaired) electrons. The molecule has 0 fully saturated rings. The zero-order chi connectivity index (χ0) is 11.3. The van der Waals surface area contributed by atoms with Crippen LogP contribution in [0.2, 0.25) is 0 Å². The first-order valence-electron chi connectivity index (χ1n) is 4.53. The second-order valence-electron chi connectivity index (χ2n) is 2.87. The molecule has 0 spiro atoms. The SMILES string of the molecule is CCOC(=O)CC(=O)c1ccncc1N. The summed E-state index contributed by atoms with van der Waals surface area (Å²) in [6.45, 7) is 1.95. The number of aromatic nitrogens is 1. The van der Waals surface area contributed by atoms with Gasteiger partial charge >= 0.3 is 5.97 Å². The first-order valence-corrected chi connectivity index (χ1v) is 4.53. The number of nitrogen functional groups attached to an aromatic ring is 1. The zero-order valence-electron chi connectivity index (χ0n) is 8.40.